The van der Waals surface area contributed by atoms with Crippen LogP contribution >= 0.6 is 0 Å². The first-order chi connectivity index (χ1) is 8.03. The molecule has 1 aliphatic heterocycles. The van der Waals surface area contributed by atoms with Crippen molar-refractivity contribution in [1.82, 2.24) is 5.32 Å². The highest BCUT2D eigenvalue weighted by Gasteiger charge is 2.24. The van der Waals surface area contributed by atoms with Crippen molar-refractivity contribution in [1.29, 1.82) is 0 Å². The molecule has 0 unspecified atom stereocenters. The van der Waals surface area contributed by atoms with E-state index in [4.69, 9.17) is 9.47 Å². The van der Waals surface area contributed by atoms with Gasteiger partial charge in [-0.25, -0.2) is 8.42 Å². The molecule has 17 heavy (non-hydrogen) atoms. The fraction of sp³-hybridized carbons (Fsp3) is 0.900. The van der Waals surface area contributed by atoms with Crippen LogP contribution in [0.15, 0.2) is 0 Å². The van der Waals surface area contributed by atoms with Crippen LogP contribution in [0.25, 0.3) is 0 Å². The standard InChI is InChI=1S/C10H19NO5S/c1-15-4-5-16-8-10(12)11-9-2-6-17(13,14)7-3-9/h9H,2-8H2,1H3,(H,11,12). The number of carbonyl (C=O) groups is 1. The number of amides is 1. The first-order valence-corrected chi connectivity index (χ1v) is 7.42. The van der Waals surface area contributed by atoms with Crippen molar-refractivity contribution in [2.45, 2.75) is 18.9 Å². The Hall–Kier alpha value is -0.660. The minimum atomic E-state index is -2.87. The van der Waals surface area contributed by atoms with Crippen molar-refractivity contribution in [2.75, 3.05) is 38.4 Å². The lowest BCUT2D eigenvalue weighted by Gasteiger charge is -2.22. The summed E-state index contributed by atoms with van der Waals surface area (Å²) in [5.74, 6) is 0.107. The van der Waals surface area contributed by atoms with Crippen molar-refractivity contribution >= 4 is 15.7 Å². The molecule has 0 aromatic heterocycles. The van der Waals surface area contributed by atoms with Gasteiger partial charge in [0.15, 0.2) is 0 Å². The third kappa shape index (κ3) is 5.99. The molecular formula is C10H19NO5S. The van der Waals surface area contributed by atoms with Gasteiger partial charge in [0.05, 0.1) is 24.7 Å². The van der Waals surface area contributed by atoms with Gasteiger partial charge in [0.1, 0.15) is 16.4 Å². The van der Waals surface area contributed by atoms with Crippen LogP contribution in [0.1, 0.15) is 12.8 Å². The van der Waals surface area contributed by atoms with E-state index in [0.29, 0.717) is 26.1 Å². The molecule has 1 rings (SSSR count). The Kier molecular flexibility index (Phi) is 5.87. The van der Waals surface area contributed by atoms with Gasteiger partial charge < -0.3 is 14.8 Å². The second-order valence-corrected chi connectivity index (χ2v) is 6.34. The Morgan fingerprint density at radius 2 is 1.94 bits per heavy atom. The van der Waals surface area contributed by atoms with Crippen molar-refractivity contribution in [3.8, 4) is 0 Å². The van der Waals surface area contributed by atoms with Gasteiger partial charge in [0, 0.05) is 13.2 Å². The molecule has 7 heteroatoms. The van der Waals surface area contributed by atoms with Gasteiger partial charge in [-0.3, -0.25) is 4.79 Å². The maximum atomic E-state index is 11.4. The molecule has 0 aromatic rings. The Morgan fingerprint density at radius 3 is 2.53 bits per heavy atom. The van der Waals surface area contributed by atoms with Crippen LogP contribution in [-0.2, 0) is 24.1 Å². The van der Waals surface area contributed by atoms with Crippen LogP contribution in [0.4, 0.5) is 0 Å². The summed E-state index contributed by atoms with van der Waals surface area (Å²) in [6.07, 6.45) is 0.984. The quantitative estimate of drug-likeness (QED) is 0.645. The average molecular weight is 265 g/mol. The first-order valence-electron chi connectivity index (χ1n) is 5.60. The van der Waals surface area contributed by atoms with Gasteiger partial charge >= 0.3 is 0 Å². The summed E-state index contributed by atoms with van der Waals surface area (Å²) >= 11 is 0. The van der Waals surface area contributed by atoms with E-state index in [-0.39, 0.29) is 30.1 Å². The fourth-order valence-electron chi connectivity index (χ4n) is 1.61. The molecule has 1 N–H and O–H groups in total. The van der Waals surface area contributed by atoms with E-state index in [0.717, 1.165) is 0 Å². The van der Waals surface area contributed by atoms with Gasteiger partial charge in [0.25, 0.3) is 0 Å². The van der Waals surface area contributed by atoms with Crippen molar-refractivity contribution < 1.29 is 22.7 Å². The Balaban J connectivity index is 2.15. The molecule has 6 nitrogen and oxygen atoms in total. The number of nitrogens with one attached hydrogen (secondary N) is 1. The van der Waals surface area contributed by atoms with E-state index >= 15 is 0 Å². The molecule has 1 fully saturated rings. The Morgan fingerprint density at radius 1 is 1.29 bits per heavy atom. The summed E-state index contributed by atoms with van der Waals surface area (Å²) in [7, 11) is -1.31. The van der Waals surface area contributed by atoms with Gasteiger partial charge in [0.2, 0.25) is 5.91 Å². The third-order valence-corrected chi connectivity index (χ3v) is 4.30. The smallest absolute Gasteiger partial charge is 0.246 e. The molecule has 0 atom stereocenters. The Labute approximate surface area is 102 Å². The number of hydrogen-bond acceptors (Lipinski definition) is 5. The normalized spacial score (nSPS) is 20.1. The molecule has 0 radical (unpaired) electrons. The van der Waals surface area contributed by atoms with Gasteiger partial charge in [-0.1, -0.05) is 0 Å². The maximum absolute atomic E-state index is 11.4. The summed E-state index contributed by atoms with van der Waals surface area (Å²) in [5.41, 5.74) is 0. The van der Waals surface area contributed by atoms with Crippen LogP contribution in [-0.4, -0.2) is 58.8 Å². The molecule has 0 saturated carbocycles. The topological polar surface area (TPSA) is 81.7 Å². The molecule has 0 aromatic carbocycles. The molecule has 1 aliphatic rings. The minimum absolute atomic E-state index is 0.00733. The van der Waals surface area contributed by atoms with Crippen molar-refractivity contribution in [2.24, 2.45) is 0 Å². The number of methoxy groups -OCH3 is 1. The SMILES string of the molecule is COCCOCC(=O)NC1CCS(=O)(=O)CC1. The lowest BCUT2D eigenvalue weighted by atomic mass is 10.1. The highest BCUT2D eigenvalue weighted by molar-refractivity contribution is 7.91. The third-order valence-electron chi connectivity index (χ3n) is 2.58. The zero-order valence-electron chi connectivity index (χ0n) is 9.98. The lowest BCUT2D eigenvalue weighted by molar-refractivity contribution is -0.126. The van der Waals surface area contributed by atoms with Crippen LogP contribution in [0, 0.1) is 0 Å². The van der Waals surface area contributed by atoms with E-state index in [1.54, 1.807) is 7.11 Å². The number of sulfone groups is 1. The molecule has 100 valence electrons. The molecule has 1 heterocycles. The van der Waals surface area contributed by atoms with E-state index in [2.05, 4.69) is 5.32 Å². The zero-order valence-corrected chi connectivity index (χ0v) is 10.8. The van der Waals surface area contributed by atoms with E-state index in [1.807, 2.05) is 0 Å². The molecule has 0 aliphatic carbocycles. The maximum Gasteiger partial charge on any atom is 0.246 e. The van der Waals surface area contributed by atoms with Gasteiger partial charge in [-0.15, -0.1) is 0 Å². The molecule has 1 amide bonds. The number of carbonyl (C=O) groups excluding carboxylic acids is 1. The lowest BCUT2D eigenvalue weighted by Crippen LogP contribution is -2.42. The number of ether oxygens (including phenoxy) is 2. The highest BCUT2D eigenvalue weighted by atomic mass is 32.2. The minimum Gasteiger partial charge on any atom is -0.382 e. The van der Waals surface area contributed by atoms with Crippen molar-refractivity contribution in [3.63, 3.8) is 0 Å². The predicted molar refractivity (Wildman–Crippen MR) is 62.5 cm³/mol. The highest BCUT2D eigenvalue weighted by Crippen LogP contribution is 2.11. The first kappa shape index (κ1) is 14.4. The van der Waals surface area contributed by atoms with E-state index in [1.165, 1.54) is 0 Å². The average Bonchev–Trinajstić information content (AvgIpc) is 2.28. The largest absolute Gasteiger partial charge is 0.382 e. The second-order valence-electron chi connectivity index (χ2n) is 4.04. The van der Waals surface area contributed by atoms with E-state index in [9.17, 15) is 13.2 Å². The van der Waals surface area contributed by atoms with Crippen LogP contribution in [0.2, 0.25) is 0 Å². The summed E-state index contributed by atoms with van der Waals surface area (Å²) < 4.78 is 32.2. The van der Waals surface area contributed by atoms with Gasteiger partial charge in [-0.05, 0) is 12.8 Å². The fourth-order valence-corrected chi connectivity index (χ4v) is 3.10. The van der Waals surface area contributed by atoms with Crippen molar-refractivity contribution in [3.05, 3.63) is 0 Å². The van der Waals surface area contributed by atoms with Crippen LogP contribution in [0.3, 0.4) is 0 Å². The molecule has 0 spiro atoms. The summed E-state index contributed by atoms with van der Waals surface area (Å²) in [6, 6.07) is -0.0444. The molecule has 0 bridgehead atoms. The zero-order chi connectivity index (χ0) is 12.7. The van der Waals surface area contributed by atoms with E-state index < -0.39 is 9.84 Å². The van der Waals surface area contributed by atoms with Crippen LogP contribution in [0.5, 0.6) is 0 Å². The summed E-state index contributed by atoms with van der Waals surface area (Å²) in [5, 5.41) is 2.76. The van der Waals surface area contributed by atoms with Gasteiger partial charge in [-0.2, -0.15) is 0 Å². The number of rotatable bonds is 6. The summed E-state index contributed by atoms with van der Waals surface area (Å²) in [4.78, 5) is 11.4. The Bertz CT molecular complexity index is 327. The van der Waals surface area contributed by atoms with Crippen LogP contribution < -0.4 is 5.32 Å². The second kappa shape index (κ2) is 6.93. The molecule has 1 saturated heterocycles. The monoisotopic (exact) mass is 265 g/mol. The molecular weight excluding hydrogens is 246 g/mol. The predicted octanol–water partition coefficient (Wildman–Crippen LogP) is -0.657. The number of hydrogen-bond donors (Lipinski definition) is 1. The summed E-state index contributed by atoms with van der Waals surface area (Å²) in [6.45, 7) is 0.824.